The molecule has 2 N–H and O–H groups in total. The Balaban J connectivity index is 3.57. The molecule has 0 bridgehead atoms. The lowest BCUT2D eigenvalue weighted by Crippen LogP contribution is -2.33. The monoisotopic (exact) mass is 169 g/mol. The van der Waals surface area contributed by atoms with Crippen molar-refractivity contribution in [3.05, 3.63) is 0 Å². The zero-order valence-electron chi connectivity index (χ0n) is 8.22. The van der Waals surface area contributed by atoms with E-state index in [9.17, 15) is 0 Å². The Hall–Kier alpha value is -0.520. The summed E-state index contributed by atoms with van der Waals surface area (Å²) in [7, 11) is 0. The number of aliphatic hydroxyl groups is 1. The molecule has 0 aromatic heterocycles. The summed E-state index contributed by atoms with van der Waals surface area (Å²) in [4.78, 5) is 0. The Labute approximate surface area is 75.4 Å². The molecule has 1 atom stereocenters. The fraction of sp³-hybridized carbons (Fsp3) is 0.800. The highest BCUT2D eigenvalue weighted by Gasteiger charge is 2.07. The van der Waals surface area contributed by atoms with Crippen molar-refractivity contribution in [1.29, 1.82) is 0 Å². The molecule has 0 amide bonds. The van der Waals surface area contributed by atoms with Gasteiger partial charge in [-0.25, -0.2) is 0 Å². The summed E-state index contributed by atoms with van der Waals surface area (Å²) >= 11 is 0. The highest BCUT2D eigenvalue weighted by Crippen LogP contribution is 2.03. The third-order valence-corrected chi connectivity index (χ3v) is 1.63. The van der Waals surface area contributed by atoms with Gasteiger partial charge in [0.1, 0.15) is 0 Å². The maximum absolute atomic E-state index is 8.96. The summed E-state index contributed by atoms with van der Waals surface area (Å²) < 4.78 is 0. The average molecular weight is 169 g/mol. The van der Waals surface area contributed by atoms with Gasteiger partial charge in [0.15, 0.2) is 0 Å². The quantitative estimate of drug-likeness (QED) is 0.602. The van der Waals surface area contributed by atoms with Gasteiger partial charge in [-0.3, -0.25) is 0 Å². The van der Waals surface area contributed by atoms with Gasteiger partial charge < -0.3 is 10.4 Å². The highest BCUT2D eigenvalue weighted by molar-refractivity contribution is 4.97. The van der Waals surface area contributed by atoms with E-state index in [1.54, 1.807) is 0 Å². The first-order valence-corrected chi connectivity index (χ1v) is 4.44. The van der Waals surface area contributed by atoms with E-state index in [4.69, 9.17) is 5.11 Å². The van der Waals surface area contributed by atoms with E-state index in [0.717, 1.165) is 6.42 Å². The molecule has 0 saturated carbocycles. The number of nitrogens with one attached hydrogen (secondary N) is 1. The molecule has 2 nitrogen and oxygen atoms in total. The summed E-state index contributed by atoms with van der Waals surface area (Å²) in [6, 6.07) is 0.200. The Kier molecular flexibility index (Phi) is 6.84. The molecule has 0 aliphatic heterocycles. The minimum atomic E-state index is 0.198. The van der Waals surface area contributed by atoms with Gasteiger partial charge in [0.05, 0.1) is 13.2 Å². The summed E-state index contributed by atoms with van der Waals surface area (Å²) in [6.07, 6.45) is 1.00. The maximum atomic E-state index is 8.96. The van der Waals surface area contributed by atoms with Crippen molar-refractivity contribution in [3.8, 4) is 11.8 Å². The second kappa shape index (κ2) is 7.15. The van der Waals surface area contributed by atoms with Crippen molar-refractivity contribution < 1.29 is 5.11 Å². The summed E-state index contributed by atoms with van der Waals surface area (Å²) in [5.74, 6) is 6.34. The minimum absolute atomic E-state index is 0.198. The van der Waals surface area contributed by atoms with Crippen LogP contribution in [0.5, 0.6) is 0 Å². The number of aliphatic hydroxyl groups excluding tert-OH is 1. The smallest absolute Gasteiger partial charge is 0.0585 e. The van der Waals surface area contributed by atoms with Gasteiger partial charge in [0.2, 0.25) is 0 Å². The Morgan fingerprint density at radius 2 is 2.08 bits per heavy atom. The zero-order valence-corrected chi connectivity index (χ0v) is 8.22. The lowest BCUT2D eigenvalue weighted by molar-refractivity contribution is 0.228. The van der Waals surface area contributed by atoms with Crippen LogP contribution in [0.25, 0.3) is 0 Å². The second-order valence-electron chi connectivity index (χ2n) is 3.32. The molecule has 2 heteroatoms. The molecule has 1 unspecified atom stereocenters. The first-order chi connectivity index (χ1) is 5.70. The molecule has 12 heavy (non-hydrogen) atoms. The molecule has 0 rings (SSSR count). The van der Waals surface area contributed by atoms with E-state index in [-0.39, 0.29) is 12.6 Å². The zero-order chi connectivity index (χ0) is 9.40. The Bertz CT molecular complexity index is 155. The van der Waals surface area contributed by atoms with E-state index in [0.29, 0.717) is 12.5 Å². The lowest BCUT2D eigenvalue weighted by Gasteiger charge is -2.16. The van der Waals surface area contributed by atoms with E-state index in [2.05, 4.69) is 31.0 Å². The minimum Gasteiger partial charge on any atom is -0.395 e. The van der Waals surface area contributed by atoms with E-state index < -0.39 is 0 Å². The SMILES string of the molecule is CC#CCNC(CO)CC(C)C. The molecule has 0 aromatic rings. The van der Waals surface area contributed by atoms with Gasteiger partial charge in [0, 0.05) is 6.04 Å². The molecular formula is C10H19NO. The lowest BCUT2D eigenvalue weighted by atomic mass is 10.0. The predicted octanol–water partition coefficient (Wildman–Crippen LogP) is 1.01. The molecule has 70 valence electrons. The van der Waals surface area contributed by atoms with Gasteiger partial charge in [-0.15, -0.1) is 5.92 Å². The van der Waals surface area contributed by atoms with Crippen molar-refractivity contribution in [3.63, 3.8) is 0 Å². The Morgan fingerprint density at radius 1 is 1.42 bits per heavy atom. The van der Waals surface area contributed by atoms with Crippen LogP contribution in [0.15, 0.2) is 0 Å². The fourth-order valence-corrected chi connectivity index (χ4v) is 1.08. The van der Waals surface area contributed by atoms with Crippen LogP contribution < -0.4 is 5.32 Å². The second-order valence-corrected chi connectivity index (χ2v) is 3.32. The topological polar surface area (TPSA) is 32.3 Å². The van der Waals surface area contributed by atoms with Crippen molar-refractivity contribution in [2.75, 3.05) is 13.2 Å². The first kappa shape index (κ1) is 11.5. The molecular weight excluding hydrogens is 150 g/mol. The van der Waals surface area contributed by atoms with Gasteiger partial charge >= 0.3 is 0 Å². The summed E-state index contributed by atoms with van der Waals surface area (Å²) in [6.45, 7) is 6.99. The van der Waals surface area contributed by atoms with Gasteiger partial charge in [-0.05, 0) is 19.3 Å². The maximum Gasteiger partial charge on any atom is 0.0585 e. The number of hydrogen-bond acceptors (Lipinski definition) is 2. The van der Waals surface area contributed by atoms with Gasteiger partial charge in [-0.2, -0.15) is 0 Å². The summed E-state index contributed by atoms with van der Waals surface area (Å²) in [5, 5.41) is 12.1. The van der Waals surface area contributed by atoms with Crippen LogP contribution in [0.1, 0.15) is 27.2 Å². The number of hydrogen-bond donors (Lipinski definition) is 2. The number of rotatable bonds is 5. The van der Waals surface area contributed by atoms with Crippen LogP contribution in [0.2, 0.25) is 0 Å². The van der Waals surface area contributed by atoms with Crippen molar-refractivity contribution in [2.24, 2.45) is 5.92 Å². The standard InChI is InChI=1S/C10H19NO/c1-4-5-6-11-10(8-12)7-9(2)3/h9-12H,6-8H2,1-3H3. The molecule has 0 fully saturated rings. The van der Waals surface area contributed by atoms with Crippen LogP contribution in [0.3, 0.4) is 0 Å². The van der Waals surface area contributed by atoms with Crippen LogP contribution in [-0.4, -0.2) is 24.3 Å². The highest BCUT2D eigenvalue weighted by atomic mass is 16.3. The van der Waals surface area contributed by atoms with Gasteiger partial charge in [0.25, 0.3) is 0 Å². The van der Waals surface area contributed by atoms with Crippen molar-refractivity contribution >= 4 is 0 Å². The fourth-order valence-electron chi connectivity index (χ4n) is 1.08. The van der Waals surface area contributed by atoms with Crippen LogP contribution in [0, 0.1) is 17.8 Å². The third-order valence-electron chi connectivity index (χ3n) is 1.63. The predicted molar refractivity (Wildman–Crippen MR) is 51.8 cm³/mol. The third kappa shape index (κ3) is 6.21. The van der Waals surface area contributed by atoms with E-state index in [1.807, 2.05) is 6.92 Å². The van der Waals surface area contributed by atoms with Crippen molar-refractivity contribution in [2.45, 2.75) is 33.2 Å². The van der Waals surface area contributed by atoms with Crippen LogP contribution >= 0.6 is 0 Å². The van der Waals surface area contributed by atoms with Crippen LogP contribution in [-0.2, 0) is 0 Å². The molecule has 0 aliphatic carbocycles. The first-order valence-electron chi connectivity index (χ1n) is 4.44. The molecule has 0 aromatic carbocycles. The molecule has 0 saturated heterocycles. The Morgan fingerprint density at radius 3 is 2.50 bits per heavy atom. The summed E-state index contributed by atoms with van der Waals surface area (Å²) in [5.41, 5.74) is 0. The van der Waals surface area contributed by atoms with Crippen LogP contribution in [0.4, 0.5) is 0 Å². The van der Waals surface area contributed by atoms with E-state index in [1.165, 1.54) is 0 Å². The molecule has 0 aliphatic rings. The largest absolute Gasteiger partial charge is 0.395 e. The van der Waals surface area contributed by atoms with E-state index >= 15 is 0 Å². The van der Waals surface area contributed by atoms with Gasteiger partial charge in [-0.1, -0.05) is 19.8 Å². The molecule has 0 spiro atoms. The van der Waals surface area contributed by atoms with Crippen molar-refractivity contribution in [1.82, 2.24) is 5.32 Å². The molecule has 0 radical (unpaired) electrons. The normalized spacial score (nSPS) is 12.4. The average Bonchev–Trinajstić information content (AvgIpc) is 2.02. The molecule has 0 heterocycles.